The van der Waals surface area contributed by atoms with Crippen molar-refractivity contribution in [3.63, 3.8) is 0 Å². The second-order valence-corrected chi connectivity index (χ2v) is 4.99. The minimum atomic E-state index is -0.508. The Morgan fingerprint density at radius 1 is 1.18 bits per heavy atom. The van der Waals surface area contributed by atoms with Gasteiger partial charge in [-0.2, -0.15) is 0 Å². The molecule has 114 valence electrons. The number of non-ortho nitro benzene ring substituents is 1. The number of benzene rings is 1. The Labute approximate surface area is 127 Å². The molecular formula is C15H16N4O3. The Bertz CT molecular complexity index is 666. The van der Waals surface area contributed by atoms with E-state index in [-0.39, 0.29) is 17.6 Å². The number of nitrogens with zero attached hydrogens (tertiary/aromatic N) is 2. The van der Waals surface area contributed by atoms with Crippen LogP contribution in [-0.4, -0.2) is 21.9 Å². The second-order valence-electron chi connectivity index (χ2n) is 4.99. The van der Waals surface area contributed by atoms with Crippen LogP contribution in [-0.2, 0) is 0 Å². The zero-order valence-electron chi connectivity index (χ0n) is 12.2. The number of pyridine rings is 1. The lowest BCUT2D eigenvalue weighted by Crippen LogP contribution is -2.13. The fourth-order valence-corrected chi connectivity index (χ4v) is 1.79. The smallest absolute Gasteiger partial charge is 0.269 e. The molecule has 0 bridgehead atoms. The van der Waals surface area contributed by atoms with Gasteiger partial charge in [0, 0.05) is 23.7 Å². The predicted octanol–water partition coefficient (Wildman–Crippen LogP) is 3.06. The number of hydrogen-bond acceptors (Lipinski definition) is 5. The van der Waals surface area contributed by atoms with Crippen LogP contribution in [0.1, 0.15) is 24.2 Å². The third-order valence-electron chi connectivity index (χ3n) is 2.80. The minimum absolute atomic E-state index is 0.0534. The topological polar surface area (TPSA) is 97.2 Å². The number of rotatable bonds is 5. The van der Waals surface area contributed by atoms with Crippen molar-refractivity contribution in [3.8, 4) is 0 Å². The first-order valence-electron chi connectivity index (χ1n) is 6.74. The van der Waals surface area contributed by atoms with E-state index >= 15 is 0 Å². The van der Waals surface area contributed by atoms with E-state index < -0.39 is 4.92 Å². The van der Waals surface area contributed by atoms with Gasteiger partial charge in [0.05, 0.1) is 16.8 Å². The highest BCUT2D eigenvalue weighted by atomic mass is 16.6. The molecule has 1 heterocycles. The quantitative estimate of drug-likeness (QED) is 0.653. The summed E-state index contributed by atoms with van der Waals surface area (Å²) in [5.41, 5.74) is 0.843. The van der Waals surface area contributed by atoms with E-state index in [0.29, 0.717) is 11.3 Å². The average Bonchev–Trinajstić information content (AvgIpc) is 2.49. The summed E-state index contributed by atoms with van der Waals surface area (Å²) in [5.74, 6) is 0.379. The van der Waals surface area contributed by atoms with Crippen molar-refractivity contribution in [1.29, 1.82) is 0 Å². The van der Waals surface area contributed by atoms with Crippen LogP contribution in [0, 0.1) is 10.1 Å². The summed E-state index contributed by atoms with van der Waals surface area (Å²) in [7, 11) is 0. The average molecular weight is 300 g/mol. The molecule has 0 saturated carbocycles. The van der Waals surface area contributed by atoms with Gasteiger partial charge >= 0.3 is 0 Å². The highest BCUT2D eigenvalue weighted by molar-refractivity contribution is 6.04. The van der Waals surface area contributed by atoms with Gasteiger partial charge in [0.25, 0.3) is 11.6 Å². The fourth-order valence-electron chi connectivity index (χ4n) is 1.79. The Morgan fingerprint density at radius 2 is 1.86 bits per heavy atom. The minimum Gasteiger partial charge on any atom is -0.368 e. The molecule has 1 amide bonds. The van der Waals surface area contributed by atoms with E-state index in [4.69, 9.17) is 0 Å². The van der Waals surface area contributed by atoms with Crippen LogP contribution in [0.4, 0.5) is 17.2 Å². The van der Waals surface area contributed by atoms with Gasteiger partial charge in [-0.25, -0.2) is 4.98 Å². The van der Waals surface area contributed by atoms with Gasteiger partial charge in [0.2, 0.25) is 0 Å². The van der Waals surface area contributed by atoms with Gasteiger partial charge in [-0.3, -0.25) is 14.9 Å². The number of nitro benzene ring substituents is 1. The summed E-state index contributed by atoms with van der Waals surface area (Å²) in [6, 6.07) is 9.19. The van der Waals surface area contributed by atoms with E-state index in [0.717, 1.165) is 5.82 Å². The molecule has 7 heteroatoms. The zero-order chi connectivity index (χ0) is 16.1. The van der Waals surface area contributed by atoms with Gasteiger partial charge in [0.1, 0.15) is 5.82 Å². The number of aromatic nitrogens is 1. The maximum atomic E-state index is 12.0. The zero-order valence-corrected chi connectivity index (χ0v) is 12.2. The molecule has 7 nitrogen and oxygen atoms in total. The number of carbonyl (C=O) groups is 1. The number of carbonyl (C=O) groups excluding carboxylic acids is 1. The van der Waals surface area contributed by atoms with Crippen LogP contribution < -0.4 is 10.6 Å². The van der Waals surface area contributed by atoms with E-state index in [2.05, 4.69) is 15.6 Å². The molecule has 0 aliphatic rings. The van der Waals surface area contributed by atoms with Crippen LogP contribution in [0.15, 0.2) is 42.6 Å². The molecule has 2 aromatic rings. The number of nitro groups is 1. The van der Waals surface area contributed by atoms with Crippen molar-refractivity contribution in [2.24, 2.45) is 0 Å². The van der Waals surface area contributed by atoms with Crippen LogP contribution in [0.5, 0.6) is 0 Å². The molecule has 0 atom stereocenters. The molecule has 0 radical (unpaired) electrons. The molecule has 2 N–H and O–H groups in total. The number of amides is 1. The molecule has 0 unspecified atom stereocenters. The van der Waals surface area contributed by atoms with Gasteiger partial charge < -0.3 is 10.6 Å². The van der Waals surface area contributed by atoms with E-state index in [9.17, 15) is 14.9 Å². The Balaban J connectivity index is 2.03. The molecule has 1 aromatic carbocycles. The molecule has 1 aromatic heterocycles. The third-order valence-corrected chi connectivity index (χ3v) is 2.80. The van der Waals surface area contributed by atoms with Crippen molar-refractivity contribution in [2.45, 2.75) is 19.9 Å². The van der Waals surface area contributed by atoms with E-state index in [1.165, 1.54) is 24.3 Å². The van der Waals surface area contributed by atoms with Crippen molar-refractivity contribution in [1.82, 2.24) is 4.98 Å². The molecular weight excluding hydrogens is 284 g/mol. The maximum Gasteiger partial charge on any atom is 0.269 e. The number of anilines is 2. The van der Waals surface area contributed by atoms with Crippen LogP contribution in [0.25, 0.3) is 0 Å². The maximum absolute atomic E-state index is 12.0. The summed E-state index contributed by atoms with van der Waals surface area (Å²) in [6.07, 6.45) is 1.55. The van der Waals surface area contributed by atoms with Gasteiger partial charge in [-0.05, 0) is 38.1 Å². The van der Waals surface area contributed by atoms with E-state index in [1.807, 2.05) is 13.8 Å². The van der Waals surface area contributed by atoms with Crippen LogP contribution in [0.2, 0.25) is 0 Å². The summed E-state index contributed by atoms with van der Waals surface area (Å²) < 4.78 is 0. The van der Waals surface area contributed by atoms with Crippen LogP contribution in [0.3, 0.4) is 0 Å². The lowest BCUT2D eigenvalue weighted by molar-refractivity contribution is -0.384. The van der Waals surface area contributed by atoms with Gasteiger partial charge in [-0.1, -0.05) is 0 Å². The molecule has 0 spiro atoms. The molecule has 0 saturated heterocycles. The van der Waals surface area contributed by atoms with Gasteiger partial charge in [0.15, 0.2) is 0 Å². The first-order valence-corrected chi connectivity index (χ1v) is 6.74. The lowest BCUT2D eigenvalue weighted by Gasteiger charge is -2.10. The Morgan fingerprint density at radius 3 is 2.36 bits per heavy atom. The Hall–Kier alpha value is -2.96. The molecule has 2 rings (SSSR count). The highest BCUT2D eigenvalue weighted by Gasteiger charge is 2.10. The second kappa shape index (κ2) is 6.66. The number of nitrogens with one attached hydrogen (secondary N) is 2. The lowest BCUT2D eigenvalue weighted by atomic mass is 10.2. The third kappa shape index (κ3) is 4.02. The SMILES string of the molecule is CC(C)Nc1ccc(NC(=O)c2ccc([N+](=O)[O-])cc2)cn1. The van der Waals surface area contributed by atoms with Crippen molar-refractivity contribution in [2.75, 3.05) is 10.6 Å². The van der Waals surface area contributed by atoms with Crippen molar-refractivity contribution >= 4 is 23.1 Å². The standard InChI is InChI=1S/C15H16N4O3/c1-10(2)17-14-8-5-12(9-16-14)18-15(20)11-3-6-13(7-4-11)19(21)22/h3-10H,1-2H3,(H,16,17)(H,18,20). The van der Waals surface area contributed by atoms with E-state index in [1.54, 1.807) is 18.3 Å². The number of hydrogen-bond donors (Lipinski definition) is 2. The normalized spacial score (nSPS) is 10.3. The van der Waals surface area contributed by atoms with Gasteiger partial charge in [-0.15, -0.1) is 0 Å². The molecule has 0 aliphatic heterocycles. The summed E-state index contributed by atoms with van der Waals surface area (Å²) >= 11 is 0. The summed E-state index contributed by atoms with van der Waals surface area (Å²) in [5, 5.41) is 16.4. The summed E-state index contributed by atoms with van der Waals surface area (Å²) in [6.45, 7) is 4.01. The largest absolute Gasteiger partial charge is 0.368 e. The predicted molar refractivity (Wildman–Crippen MR) is 84.0 cm³/mol. The Kier molecular flexibility index (Phi) is 4.67. The monoisotopic (exact) mass is 300 g/mol. The molecule has 0 aliphatic carbocycles. The first-order chi connectivity index (χ1) is 10.5. The van der Waals surface area contributed by atoms with Crippen molar-refractivity contribution < 1.29 is 9.72 Å². The fraction of sp³-hybridized carbons (Fsp3) is 0.200. The highest BCUT2D eigenvalue weighted by Crippen LogP contribution is 2.15. The molecule has 0 fully saturated rings. The van der Waals surface area contributed by atoms with Crippen LogP contribution >= 0.6 is 0 Å². The molecule has 22 heavy (non-hydrogen) atoms. The summed E-state index contributed by atoms with van der Waals surface area (Å²) in [4.78, 5) is 26.3. The first kappa shape index (κ1) is 15.4. The van der Waals surface area contributed by atoms with Crippen molar-refractivity contribution in [3.05, 3.63) is 58.3 Å².